The summed E-state index contributed by atoms with van der Waals surface area (Å²) < 4.78 is 56.7. The molecule has 0 fully saturated rings. The quantitative estimate of drug-likeness (QED) is 0.325. The van der Waals surface area contributed by atoms with Gasteiger partial charge >= 0.3 is 23.8 Å². The number of rotatable bonds is 6. The molecule has 2 unspecified atom stereocenters. The van der Waals surface area contributed by atoms with Crippen molar-refractivity contribution in [2.45, 2.75) is 25.7 Å². The standard InChI is InChI=1S/C12H14F4O3/c1-5-7(3)11(13,14)9(17)19-10(18)12(15,16)8(4)6-2/h5-8H,1-2H2,3-4H3. The number of allylic oxidation sites excluding steroid dienone is 2. The van der Waals surface area contributed by atoms with Crippen LogP contribution in [0.4, 0.5) is 17.6 Å². The van der Waals surface area contributed by atoms with E-state index < -0.39 is 35.6 Å². The Morgan fingerprint density at radius 1 is 0.947 bits per heavy atom. The molecule has 7 heteroatoms. The zero-order valence-corrected chi connectivity index (χ0v) is 10.5. The SMILES string of the molecule is C=CC(C)C(F)(F)C(=O)OC(=O)C(F)(F)C(C)C=C. The minimum absolute atomic E-state index is 0.746. The summed E-state index contributed by atoms with van der Waals surface area (Å²) in [5.41, 5.74) is 0. The Kier molecular flexibility index (Phi) is 5.46. The van der Waals surface area contributed by atoms with Crippen molar-refractivity contribution in [2.24, 2.45) is 11.8 Å². The molecular weight excluding hydrogens is 268 g/mol. The van der Waals surface area contributed by atoms with Gasteiger partial charge in [-0.2, -0.15) is 17.6 Å². The molecule has 0 spiro atoms. The first-order valence-electron chi connectivity index (χ1n) is 5.29. The van der Waals surface area contributed by atoms with Gasteiger partial charge in [-0.15, -0.1) is 13.2 Å². The Hall–Kier alpha value is -1.66. The van der Waals surface area contributed by atoms with Gasteiger partial charge in [0.05, 0.1) is 0 Å². The lowest BCUT2D eigenvalue weighted by molar-refractivity contribution is -0.197. The van der Waals surface area contributed by atoms with Gasteiger partial charge in [0.1, 0.15) is 0 Å². The summed E-state index contributed by atoms with van der Waals surface area (Å²) in [6.45, 7) is 7.96. The highest BCUT2D eigenvalue weighted by molar-refractivity contribution is 5.92. The molecule has 0 aromatic rings. The van der Waals surface area contributed by atoms with Gasteiger partial charge < -0.3 is 4.74 Å². The van der Waals surface area contributed by atoms with Crippen LogP contribution in [0.3, 0.4) is 0 Å². The van der Waals surface area contributed by atoms with Crippen molar-refractivity contribution >= 4 is 11.9 Å². The number of hydrogen-bond donors (Lipinski definition) is 0. The second kappa shape index (κ2) is 5.99. The van der Waals surface area contributed by atoms with Gasteiger partial charge in [-0.25, -0.2) is 9.59 Å². The molecule has 0 radical (unpaired) electrons. The Morgan fingerprint density at radius 3 is 1.42 bits per heavy atom. The van der Waals surface area contributed by atoms with Crippen LogP contribution in [0, 0.1) is 11.8 Å². The van der Waals surface area contributed by atoms with Gasteiger partial charge in [0.2, 0.25) is 0 Å². The van der Waals surface area contributed by atoms with Gasteiger partial charge in [0.15, 0.2) is 0 Å². The third-order valence-corrected chi connectivity index (χ3v) is 2.58. The number of carbonyl (C=O) groups is 2. The Labute approximate surface area is 107 Å². The van der Waals surface area contributed by atoms with Crippen molar-refractivity contribution in [3.05, 3.63) is 25.3 Å². The maximum absolute atomic E-state index is 13.3. The van der Waals surface area contributed by atoms with Crippen LogP contribution in [0.5, 0.6) is 0 Å². The highest BCUT2D eigenvalue weighted by Crippen LogP contribution is 2.30. The number of halogens is 4. The van der Waals surface area contributed by atoms with E-state index in [0.717, 1.165) is 26.0 Å². The third-order valence-electron chi connectivity index (χ3n) is 2.58. The fourth-order valence-electron chi connectivity index (χ4n) is 0.888. The van der Waals surface area contributed by atoms with Crippen LogP contribution in [0.2, 0.25) is 0 Å². The number of hydrogen-bond acceptors (Lipinski definition) is 3. The zero-order valence-electron chi connectivity index (χ0n) is 10.5. The molecule has 0 rings (SSSR count). The fourth-order valence-corrected chi connectivity index (χ4v) is 0.888. The Balaban J connectivity index is 4.97. The molecule has 0 saturated carbocycles. The zero-order chi connectivity index (χ0) is 15.4. The smallest absolute Gasteiger partial charge is 0.384 e. The Bertz CT molecular complexity index is 354. The van der Waals surface area contributed by atoms with Gasteiger partial charge in [-0.3, -0.25) is 0 Å². The minimum atomic E-state index is -4.11. The molecule has 0 aromatic carbocycles. The number of ether oxygens (including phenoxy) is 1. The van der Waals surface area contributed by atoms with Gasteiger partial charge in [-0.05, 0) is 0 Å². The van der Waals surface area contributed by atoms with Crippen LogP contribution in [0.15, 0.2) is 25.3 Å². The van der Waals surface area contributed by atoms with Crippen molar-refractivity contribution in [1.29, 1.82) is 0 Å². The van der Waals surface area contributed by atoms with Crippen LogP contribution in [0.1, 0.15) is 13.8 Å². The summed E-state index contributed by atoms with van der Waals surface area (Å²) >= 11 is 0. The predicted molar refractivity (Wildman–Crippen MR) is 59.7 cm³/mol. The first-order valence-corrected chi connectivity index (χ1v) is 5.29. The molecule has 108 valence electrons. The van der Waals surface area contributed by atoms with Crippen molar-refractivity contribution in [3.63, 3.8) is 0 Å². The van der Waals surface area contributed by atoms with E-state index >= 15 is 0 Å². The lowest BCUT2D eigenvalue weighted by Gasteiger charge is -2.22. The number of esters is 2. The van der Waals surface area contributed by atoms with E-state index in [1.165, 1.54) is 0 Å². The second-order valence-corrected chi connectivity index (χ2v) is 3.97. The van der Waals surface area contributed by atoms with Gasteiger partial charge in [0, 0.05) is 11.8 Å². The summed E-state index contributed by atoms with van der Waals surface area (Å²) in [5, 5.41) is 0. The van der Waals surface area contributed by atoms with Gasteiger partial charge in [0.25, 0.3) is 0 Å². The summed E-state index contributed by atoms with van der Waals surface area (Å²) in [7, 11) is 0. The number of alkyl halides is 4. The topological polar surface area (TPSA) is 43.4 Å². The van der Waals surface area contributed by atoms with E-state index in [2.05, 4.69) is 17.9 Å². The van der Waals surface area contributed by atoms with E-state index in [9.17, 15) is 27.2 Å². The molecule has 2 atom stereocenters. The van der Waals surface area contributed by atoms with Crippen molar-refractivity contribution in [2.75, 3.05) is 0 Å². The van der Waals surface area contributed by atoms with Gasteiger partial charge in [-0.1, -0.05) is 26.0 Å². The van der Waals surface area contributed by atoms with Crippen molar-refractivity contribution < 1.29 is 31.9 Å². The summed E-state index contributed by atoms with van der Waals surface area (Å²) in [5.74, 6) is -16.2. The van der Waals surface area contributed by atoms with Crippen LogP contribution in [-0.4, -0.2) is 23.8 Å². The molecule has 0 aromatic heterocycles. The van der Waals surface area contributed by atoms with Crippen LogP contribution in [-0.2, 0) is 14.3 Å². The van der Waals surface area contributed by atoms with Crippen molar-refractivity contribution in [1.82, 2.24) is 0 Å². The molecular formula is C12H14F4O3. The fraction of sp³-hybridized carbons (Fsp3) is 0.500. The lowest BCUT2D eigenvalue weighted by Crippen LogP contribution is -2.43. The van der Waals surface area contributed by atoms with Crippen LogP contribution in [0.25, 0.3) is 0 Å². The lowest BCUT2D eigenvalue weighted by atomic mass is 10.0. The molecule has 3 nitrogen and oxygen atoms in total. The highest BCUT2D eigenvalue weighted by atomic mass is 19.3. The molecule has 0 N–H and O–H groups in total. The molecule has 0 saturated heterocycles. The second-order valence-electron chi connectivity index (χ2n) is 3.97. The monoisotopic (exact) mass is 282 g/mol. The molecule has 0 aliphatic heterocycles. The van der Waals surface area contributed by atoms with E-state index in [1.54, 1.807) is 0 Å². The molecule has 0 bridgehead atoms. The van der Waals surface area contributed by atoms with E-state index in [4.69, 9.17) is 0 Å². The molecule has 0 aliphatic carbocycles. The third kappa shape index (κ3) is 3.65. The van der Waals surface area contributed by atoms with E-state index in [-0.39, 0.29) is 0 Å². The maximum atomic E-state index is 13.3. The maximum Gasteiger partial charge on any atom is 0.385 e. The average Bonchev–Trinajstić information content (AvgIpc) is 2.35. The minimum Gasteiger partial charge on any atom is -0.384 e. The van der Waals surface area contributed by atoms with Crippen molar-refractivity contribution in [3.8, 4) is 0 Å². The van der Waals surface area contributed by atoms with E-state index in [0.29, 0.717) is 0 Å². The first-order chi connectivity index (χ1) is 8.51. The summed E-state index contributed by atoms with van der Waals surface area (Å²) in [6, 6.07) is 0. The molecule has 0 aliphatic rings. The highest BCUT2D eigenvalue weighted by Gasteiger charge is 2.51. The average molecular weight is 282 g/mol. The van der Waals surface area contributed by atoms with Crippen LogP contribution < -0.4 is 0 Å². The van der Waals surface area contributed by atoms with Crippen LogP contribution >= 0.6 is 0 Å². The largest absolute Gasteiger partial charge is 0.385 e. The predicted octanol–water partition coefficient (Wildman–Crippen LogP) is 2.97. The first kappa shape index (κ1) is 17.3. The molecule has 0 amide bonds. The van der Waals surface area contributed by atoms with E-state index in [1.807, 2.05) is 0 Å². The summed E-state index contributed by atoms with van der Waals surface area (Å²) in [6.07, 6.45) is 1.49. The normalized spacial score (nSPS) is 15.3. The molecule has 19 heavy (non-hydrogen) atoms. The summed E-state index contributed by atoms with van der Waals surface area (Å²) in [4.78, 5) is 22.1. The molecule has 0 heterocycles. The Morgan fingerprint density at radius 2 is 1.21 bits per heavy atom. The number of carbonyl (C=O) groups excluding carboxylic acids is 2.